The van der Waals surface area contributed by atoms with Gasteiger partial charge in [-0.05, 0) is 74.4 Å². The van der Waals surface area contributed by atoms with Crippen LogP contribution in [0.1, 0.15) is 45.2 Å². The van der Waals surface area contributed by atoms with Crippen molar-refractivity contribution in [2.75, 3.05) is 50.7 Å². The summed E-state index contributed by atoms with van der Waals surface area (Å²) in [4.78, 5) is 24.4. The second-order valence-corrected chi connectivity index (χ2v) is 15.5. The molecule has 2 fully saturated rings. The Kier molecular flexibility index (Phi) is 10.9. The molecule has 0 aliphatic carbocycles. The number of anilines is 1. The number of likely N-dealkylation sites (tertiary alicyclic amines) is 1. The first-order valence-electron chi connectivity index (χ1n) is 18.9. The maximum atomic E-state index is 12.6. The van der Waals surface area contributed by atoms with E-state index in [0.29, 0.717) is 36.8 Å². The van der Waals surface area contributed by atoms with Crippen molar-refractivity contribution >= 4 is 22.7 Å². The van der Waals surface area contributed by atoms with Crippen LogP contribution >= 0.6 is 0 Å². The largest absolute Gasteiger partial charge is 0.473 e. The highest BCUT2D eigenvalue weighted by molar-refractivity contribution is 5.96. The average Bonchev–Trinajstić information content (AvgIpc) is 3.49. The molecule has 0 bridgehead atoms. The van der Waals surface area contributed by atoms with Gasteiger partial charge in [-0.3, -0.25) is 9.58 Å². The van der Waals surface area contributed by atoms with Crippen molar-refractivity contribution in [3.05, 3.63) is 102 Å². The van der Waals surface area contributed by atoms with Crippen molar-refractivity contribution in [1.82, 2.24) is 24.6 Å². The fourth-order valence-electron chi connectivity index (χ4n) is 7.37. The normalized spacial score (nSPS) is 18.3. The minimum absolute atomic E-state index is 0.190. The summed E-state index contributed by atoms with van der Waals surface area (Å²) in [5.74, 6) is 2.01. The number of aryl methyl sites for hydroxylation is 1. The number of carbonyl (C=O) groups excluding carboxylic acids is 1. The third-order valence-corrected chi connectivity index (χ3v) is 10.3. The van der Waals surface area contributed by atoms with E-state index in [2.05, 4.69) is 34.9 Å². The number of hydrogen-bond donors (Lipinski definition) is 0. The van der Waals surface area contributed by atoms with Gasteiger partial charge in [-0.15, -0.1) is 0 Å². The number of benzene rings is 3. The molecule has 0 N–H and O–H groups in total. The van der Waals surface area contributed by atoms with Gasteiger partial charge >= 0.3 is 6.09 Å². The molecular formula is C43H52N6O4. The molecule has 0 radical (unpaired) electrons. The van der Waals surface area contributed by atoms with Crippen LogP contribution in [0.15, 0.2) is 91.0 Å². The number of fused-ring (bicyclic) bond motifs is 1. The average molecular weight is 717 g/mol. The quantitative estimate of drug-likeness (QED) is 0.145. The van der Waals surface area contributed by atoms with E-state index in [0.717, 1.165) is 85.5 Å². The van der Waals surface area contributed by atoms with Crippen molar-refractivity contribution in [2.45, 2.75) is 52.9 Å². The van der Waals surface area contributed by atoms with E-state index in [4.69, 9.17) is 24.3 Å². The van der Waals surface area contributed by atoms with Gasteiger partial charge in [0.1, 0.15) is 24.5 Å². The number of nitrogens with zero attached hydrogens (tertiary/aromatic N) is 6. The van der Waals surface area contributed by atoms with Crippen molar-refractivity contribution in [2.24, 2.45) is 18.9 Å². The van der Waals surface area contributed by atoms with Crippen LogP contribution in [0.2, 0.25) is 0 Å². The second kappa shape index (κ2) is 15.9. The highest BCUT2D eigenvalue weighted by Crippen LogP contribution is 2.37. The predicted molar refractivity (Wildman–Crippen MR) is 209 cm³/mol. The smallest absolute Gasteiger partial charge is 0.410 e. The van der Waals surface area contributed by atoms with Crippen LogP contribution in [0.5, 0.6) is 11.8 Å². The number of hydrogen-bond acceptors (Lipinski definition) is 8. The van der Waals surface area contributed by atoms with Gasteiger partial charge in [0, 0.05) is 70.0 Å². The fraction of sp³-hybridized carbons (Fsp3) is 0.419. The summed E-state index contributed by atoms with van der Waals surface area (Å²) in [7, 11) is 2.00. The molecule has 2 saturated heterocycles. The summed E-state index contributed by atoms with van der Waals surface area (Å²) in [5.41, 5.74) is 5.58. The monoisotopic (exact) mass is 716 g/mol. The molecule has 10 heteroatoms. The Morgan fingerprint density at radius 3 is 2.17 bits per heavy atom. The number of carbonyl (C=O) groups is 1. The van der Waals surface area contributed by atoms with E-state index < -0.39 is 5.60 Å². The number of rotatable bonds is 10. The Morgan fingerprint density at radius 1 is 0.830 bits per heavy atom. The Hall–Kier alpha value is -5.09. The highest BCUT2D eigenvalue weighted by Gasteiger charge is 2.33. The van der Waals surface area contributed by atoms with Gasteiger partial charge in [-0.1, -0.05) is 67.6 Å². The number of amides is 1. The lowest BCUT2D eigenvalue weighted by Crippen LogP contribution is -2.51. The number of piperazine rings is 1. The first-order chi connectivity index (χ1) is 25.6. The third kappa shape index (κ3) is 8.93. The lowest BCUT2D eigenvalue weighted by molar-refractivity contribution is 0.00880. The number of aromatic nitrogens is 3. The molecule has 2 aliphatic rings. The number of pyridine rings is 1. The Balaban J connectivity index is 1.02. The van der Waals surface area contributed by atoms with Crippen LogP contribution in [0.4, 0.5) is 10.5 Å². The molecule has 2 atom stereocenters. The Labute approximate surface area is 313 Å². The van der Waals surface area contributed by atoms with Gasteiger partial charge in [0.2, 0.25) is 11.8 Å². The maximum Gasteiger partial charge on any atom is 0.410 e. The van der Waals surface area contributed by atoms with Gasteiger partial charge in [-0.25, -0.2) is 4.79 Å². The van der Waals surface area contributed by atoms with E-state index >= 15 is 0 Å². The molecular weight excluding hydrogens is 665 g/mol. The van der Waals surface area contributed by atoms with Gasteiger partial charge in [-0.2, -0.15) is 10.1 Å². The van der Waals surface area contributed by atoms with Crippen molar-refractivity contribution < 1.29 is 19.0 Å². The summed E-state index contributed by atoms with van der Waals surface area (Å²) < 4.78 is 20.0. The molecule has 3 aromatic carbocycles. The first-order valence-corrected chi connectivity index (χ1v) is 18.9. The second-order valence-electron chi connectivity index (χ2n) is 15.5. The molecule has 0 unspecified atom stereocenters. The SMILES string of the molecule is C[C@@H]1CN(C(=O)OC(C)(C)C)CC[C@H]1CN1CCN(c2ccc3c(-c4ccc(OCc5ccccc5)nc4OCc4ccccc4)nn(C)c3c2)CC1. The predicted octanol–water partition coefficient (Wildman–Crippen LogP) is 7.81. The van der Waals surface area contributed by atoms with Gasteiger partial charge in [0.05, 0.1) is 11.1 Å². The van der Waals surface area contributed by atoms with Crippen LogP contribution in [-0.2, 0) is 25.0 Å². The van der Waals surface area contributed by atoms with Gasteiger partial charge in [0.25, 0.3) is 0 Å². The molecule has 5 aromatic rings. The summed E-state index contributed by atoms with van der Waals surface area (Å²) in [6.07, 6.45) is 0.822. The number of ether oxygens (including phenoxy) is 3. The molecule has 1 amide bonds. The Morgan fingerprint density at radius 2 is 1.51 bits per heavy atom. The molecule has 4 heterocycles. The minimum Gasteiger partial charge on any atom is -0.473 e. The molecule has 7 rings (SSSR count). The van der Waals surface area contributed by atoms with Crippen molar-refractivity contribution in [3.8, 4) is 23.0 Å². The van der Waals surface area contributed by atoms with Crippen LogP contribution in [0.25, 0.3) is 22.2 Å². The van der Waals surface area contributed by atoms with Crippen LogP contribution in [-0.4, -0.2) is 82.1 Å². The molecule has 2 aromatic heterocycles. The third-order valence-electron chi connectivity index (χ3n) is 10.3. The lowest BCUT2D eigenvalue weighted by Gasteiger charge is -2.42. The van der Waals surface area contributed by atoms with E-state index in [1.54, 1.807) is 0 Å². The number of piperidine rings is 1. The molecule has 0 saturated carbocycles. The molecule has 278 valence electrons. The van der Waals surface area contributed by atoms with Crippen molar-refractivity contribution in [3.63, 3.8) is 0 Å². The Bertz CT molecular complexity index is 1990. The summed E-state index contributed by atoms with van der Waals surface area (Å²) in [5, 5.41) is 6.05. The zero-order chi connectivity index (χ0) is 37.0. The molecule has 2 aliphatic heterocycles. The fourth-order valence-corrected chi connectivity index (χ4v) is 7.37. The first kappa shape index (κ1) is 36.3. The minimum atomic E-state index is -0.468. The van der Waals surface area contributed by atoms with E-state index in [1.807, 2.05) is 110 Å². The van der Waals surface area contributed by atoms with Gasteiger partial charge in [0.15, 0.2) is 0 Å². The molecule has 10 nitrogen and oxygen atoms in total. The van der Waals surface area contributed by atoms with Crippen molar-refractivity contribution in [1.29, 1.82) is 0 Å². The van der Waals surface area contributed by atoms with E-state index in [9.17, 15) is 4.79 Å². The van der Waals surface area contributed by atoms with Crippen LogP contribution in [0, 0.1) is 11.8 Å². The summed E-state index contributed by atoms with van der Waals surface area (Å²) in [6.45, 7) is 15.4. The van der Waals surface area contributed by atoms with Gasteiger partial charge < -0.3 is 24.0 Å². The highest BCUT2D eigenvalue weighted by atomic mass is 16.6. The van der Waals surface area contributed by atoms with Crippen LogP contribution in [0.3, 0.4) is 0 Å². The topological polar surface area (TPSA) is 85.2 Å². The summed E-state index contributed by atoms with van der Waals surface area (Å²) in [6, 6.07) is 30.7. The van der Waals surface area contributed by atoms with E-state index in [1.165, 1.54) is 5.69 Å². The van der Waals surface area contributed by atoms with E-state index in [-0.39, 0.29) is 6.09 Å². The maximum absolute atomic E-state index is 12.6. The molecule has 53 heavy (non-hydrogen) atoms. The standard InChI is InChI=1S/C43H52N6O4/c1-31-27-49(42(50)53-43(2,3)4)21-20-34(31)28-47-22-24-48(25-23-47)35-16-17-36-38(26-35)46(5)45-40(36)37-18-19-39(51-29-32-12-8-6-9-13-32)44-41(37)52-30-33-14-10-7-11-15-33/h6-19,26,31,34H,20-25,27-30H2,1-5H3/t31-,34+/m1/s1. The molecule has 0 spiro atoms. The lowest BCUT2D eigenvalue weighted by atomic mass is 9.86. The summed E-state index contributed by atoms with van der Waals surface area (Å²) >= 11 is 0. The zero-order valence-electron chi connectivity index (χ0n) is 31.7. The zero-order valence-corrected chi connectivity index (χ0v) is 31.7. The van der Waals surface area contributed by atoms with Crippen LogP contribution < -0.4 is 14.4 Å².